The lowest BCUT2D eigenvalue weighted by Crippen LogP contribution is -2.47. The maximum Gasteiger partial charge on any atom is 0.290 e. The van der Waals surface area contributed by atoms with Crippen LogP contribution in [0, 0.1) is 0 Å². The molecule has 1 aromatic carbocycles. The number of sulfonamides is 1. The van der Waals surface area contributed by atoms with Crippen LogP contribution in [0.3, 0.4) is 0 Å². The monoisotopic (exact) mass is 381 g/mol. The van der Waals surface area contributed by atoms with Crippen molar-refractivity contribution < 1.29 is 26.3 Å². The molecular formula is C13H11ClF3N3O3S. The molecule has 24 heavy (non-hydrogen) atoms. The van der Waals surface area contributed by atoms with Crippen molar-refractivity contribution in [1.29, 1.82) is 0 Å². The van der Waals surface area contributed by atoms with E-state index in [2.05, 4.69) is 10.2 Å². The van der Waals surface area contributed by atoms with Gasteiger partial charge in [0, 0.05) is 16.7 Å². The van der Waals surface area contributed by atoms with Gasteiger partial charge in [-0.2, -0.15) is 9.82 Å². The molecule has 0 radical (unpaired) electrons. The smallest absolute Gasteiger partial charge is 0.290 e. The van der Waals surface area contributed by atoms with Gasteiger partial charge in [-0.25, -0.2) is 21.6 Å². The molecule has 1 heterocycles. The van der Waals surface area contributed by atoms with E-state index >= 15 is 0 Å². The summed E-state index contributed by atoms with van der Waals surface area (Å²) in [5.41, 5.74) is -0.598. The van der Waals surface area contributed by atoms with Crippen LogP contribution in [0.4, 0.5) is 13.2 Å². The number of ether oxygens (including phenoxy) is 1. The van der Waals surface area contributed by atoms with E-state index in [1.165, 1.54) is 24.0 Å². The zero-order valence-electron chi connectivity index (χ0n) is 12.1. The molecule has 1 unspecified atom stereocenters. The molecule has 2 rings (SSSR count). The Bertz CT molecular complexity index is 821. The summed E-state index contributed by atoms with van der Waals surface area (Å²) in [6, 6.07) is 5.17. The first-order valence-corrected chi connectivity index (χ1v) is 8.19. The van der Waals surface area contributed by atoms with Gasteiger partial charge < -0.3 is 4.74 Å². The van der Waals surface area contributed by atoms with Crippen LogP contribution in [0.25, 0.3) is 0 Å². The van der Waals surface area contributed by atoms with E-state index in [0.717, 1.165) is 24.4 Å². The number of hydrogen-bond acceptors (Lipinski definition) is 5. The fraction of sp³-hybridized carbons (Fsp3) is 0.231. The van der Waals surface area contributed by atoms with Crippen molar-refractivity contribution in [2.75, 3.05) is 7.11 Å². The average Bonchev–Trinajstić information content (AvgIpc) is 2.54. The number of hydrogen-bond donors (Lipinski definition) is 1. The highest BCUT2D eigenvalue weighted by atomic mass is 35.5. The largest absolute Gasteiger partial charge is 0.480 e. The minimum Gasteiger partial charge on any atom is -0.480 e. The van der Waals surface area contributed by atoms with E-state index in [-0.39, 0.29) is 10.9 Å². The molecule has 0 saturated heterocycles. The maximum absolute atomic E-state index is 14.8. The van der Waals surface area contributed by atoms with Gasteiger partial charge in [-0.15, -0.1) is 5.10 Å². The van der Waals surface area contributed by atoms with Crippen LogP contribution in [0.2, 0.25) is 5.02 Å². The second kappa shape index (κ2) is 6.91. The molecule has 0 aliphatic heterocycles. The van der Waals surface area contributed by atoms with E-state index in [4.69, 9.17) is 16.3 Å². The highest BCUT2D eigenvalue weighted by Gasteiger charge is 2.46. The average molecular weight is 382 g/mol. The van der Waals surface area contributed by atoms with Gasteiger partial charge in [0.2, 0.25) is 15.9 Å². The first kappa shape index (κ1) is 18.4. The van der Waals surface area contributed by atoms with Gasteiger partial charge in [0.1, 0.15) is 4.90 Å². The molecule has 0 amide bonds. The predicted octanol–water partition coefficient (Wildman–Crippen LogP) is 2.50. The van der Waals surface area contributed by atoms with Gasteiger partial charge in [-0.05, 0) is 12.1 Å². The summed E-state index contributed by atoms with van der Waals surface area (Å²) in [4.78, 5) is -0.578. The Balaban J connectivity index is 2.44. The van der Waals surface area contributed by atoms with Gasteiger partial charge in [-0.1, -0.05) is 23.7 Å². The molecule has 0 bridgehead atoms. The minimum absolute atomic E-state index is 0.175. The lowest BCUT2D eigenvalue weighted by Gasteiger charge is -2.26. The number of nitrogens with one attached hydrogen (secondary N) is 1. The SMILES string of the molecule is COc1cc(S(=O)(=O)NC(F)(c2ccc(Cl)cc2)C(F)F)cnn1. The molecule has 2 aromatic rings. The fourth-order valence-corrected chi connectivity index (χ4v) is 3.04. The summed E-state index contributed by atoms with van der Waals surface area (Å²) in [5.74, 6) is -3.83. The second-order valence-electron chi connectivity index (χ2n) is 4.56. The Morgan fingerprint density at radius 2 is 1.92 bits per heavy atom. The van der Waals surface area contributed by atoms with Crippen molar-refractivity contribution in [3.63, 3.8) is 0 Å². The van der Waals surface area contributed by atoms with Crippen molar-refractivity contribution in [3.8, 4) is 5.88 Å². The molecule has 1 N–H and O–H groups in total. The molecule has 11 heteroatoms. The van der Waals surface area contributed by atoms with E-state index in [9.17, 15) is 21.6 Å². The Morgan fingerprint density at radius 1 is 1.29 bits per heavy atom. The predicted molar refractivity (Wildman–Crippen MR) is 79.1 cm³/mol. The zero-order chi connectivity index (χ0) is 18.0. The van der Waals surface area contributed by atoms with Crippen LogP contribution in [0.1, 0.15) is 5.56 Å². The number of benzene rings is 1. The summed E-state index contributed by atoms with van der Waals surface area (Å²) < 4.78 is 71.9. The topological polar surface area (TPSA) is 81.2 Å². The fourth-order valence-electron chi connectivity index (χ4n) is 1.75. The summed E-state index contributed by atoms with van der Waals surface area (Å²) in [6.45, 7) is 0. The van der Waals surface area contributed by atoms with E-state index in [1.807, 2.05) is 0 Å². The Labute approximate surface area is 140 Å². The Hall–Kier alpha value is -1.91. The zero-order valence-corrected chi connectivity index (χ0v) is 13.7. The molecular weight excluding hydrogens is 371 g/mol. The van der Waals surface area contributed by atoms with Gasteiger partial charge >= 0.3 is 0 Å². The lowest BCUT2D eigenvalue weighted by molar-refractivity contribution is -0.0474. The molecule has 1 aromatic heterocycles. The van der Waals surface area contributed by atoms with Crippen LogP contribution in [0.5, 0.6) is 5.88 Å². The van der Waals surface area contributed by atoms with Crippen LogP contribution < -0.4 is 9.46 Å². The molecule has 0 fully saturated rings. The quantitative estimate of drug-likeness (QED) is 0.777. The van der Waals surface area contributed by atoms with E-state index in [0.29, 0.717) is 0 Å². The summed E-state index contributed by atoms with van der Waals surface area (Å²) in [6.07, 6.45) is -2.90. The van der Waals surface area contributed by atoms with E-state index < -0.39 is 32.7 Å². The summed E-state index contributed by atoms with van der Waals surface area (Å²) >= 11 is 5.63. The Morgan fingerprint density at radius 3 is 2.46 bits per heavy atom. The number of nitrogens with zero attached hydrogens (tertiary/aromatic N) is 2. The van der Waals surface area contributed by atoms with Crippen molar-refractivity contribution in [2.45, 2.75) is 17.1 Å². The molecule has 0 aliphatic rings. The third kappa shape index (κ3) is 3.77. The lowest BCUT2D eigenvalue weighted by atomic mass is 10.1. The van der Waals surface area contributed by atoms with Crippen LogP contribution in [0.15, 0.2) is 41.4 Å². The standard InChI is InChI=1S/C13H11ClF3N3O3S/c1-23-11-6-10(7-18-19-11)24(21,22)20-13(17,12(15)16)8-2-4-9(14)5-3-8/h2-7,12,20H,1H3. The molecule has 0 spiro atoms. The van der Waals surface area contributed by atoms with Gasteiger partial charge in [0.15, 0.2) is 0 Å². The third-order valence-corrected chi connectivity index (χ3v) is 4.64. The second-order valence-corrected chi connectivity index (χ2v) is 6.68. The number of alkyl halides is 3. The van der Waals surface area contributed by atoms with Crippen molar-refractivity contribution in [3.05, 3.63) is 47.1 Å². The molecule has 130 valence electrons. The highest BCUT2D eigenvalue weighted by Crippen LogP contribution is 2.33. The molecule has 0 aliphatic carbocycles. The number of halogens is 4. The summed E-state index contributed by atoms with van der Waals surface area (Å²) in [7, 11) is -3.47. The first-order chi connectivity index (χ1) is 11.2. The van der Waals surface area contributed by atoms with Gasteiger partial charge in [0.05, 0.1) is 13.3 Å². The molecule has 6 nitrogen and oxygen atoms in total. The highest BCUT2D eigenvalue weighted by molar-refractivity contribution is 7.89. The van der Waals surface area contributed by atoms with Gasteiger partial charge in [0.25, 0.3) is 12.2 Å². The van der Waals surface area contributed by atoms with Gasteiger partial charge in [-0.3, -0.25) is 0 Å². The minimum atomic E-state index is -4.67. The van der Waals surface area contributed by atoms with Crippen LogP contribution in [-0.2, 0) is 15.8 Å². The van der Waals surface area contributed by atoms with E-state index in [1.54, 1.807) is 0 Å². The van der Waals surface area contributed by atoms with Crippen LogP contribution in [-0.4, -0.2) is 32.2 Å². The summed E-state index contributed by atoms with van der Waals surface area (Å²) in [5, 5.41) is 6.99. The molecule has 1 atom stereocenters. The Kier molecular flexibility index (Phi) is 5.31. The van der Waals surface area contributed by atoms with Crippen molar-refractivity contribution >= 4 is 21.6 Å². The maximum atomic E-state index is 14.8. The first-order valence-electron chi connectivity index (χ1n) is 6.33. The normalized spacial score (nSPS) is 14.4. The van der Waals surface area contributed by atoms with Crippen molar-refractivity contribution in [2.24, 2.45) is 0 Å². The number of methoxy groups -OCH3 is 1. The number of aromatic nitrogens is 2. The number of rotatable bonds is 6. The third-order valence-electron chi connectivity index (χ3n) is 2.97. The van der Waals surface area contributed by atoms with Crippen LogP contribution >= 0.6 is 11.6 Å². The molecule has 0 saturated carbocycles. The van der Waals surface area contributed by atoms with Crippen molar-refractivity contribution in [1.82, 2.24) is 14.9 Å².